The number of carbonyl (C=O) groups excluding carboxylic acids is 1. The number of benzene rings is 1. The normalized spacial score (nSPS) is 13.8. The molecule has 13 nitrogen and oxygen atoms in total. The molecule has 13 heteroatoms. The molecule has 1 aliphatic rings. The van der Waals surface area contributed by atoms with Crippen molar-refractivity contribution in [2.75, 3.05) is 37.0 Å². The van der Waals surface area contributed by atoms with E-state index in [4.69, 9.17) is 10.7 Å². The highest BCUT2D eigenvalue weighted by Gasteiger charge is 2.24. The zero-order chi connectivity index (χ0) is 30.6. The number of nitrogens with one attached hydrogen (secondary N) is 3. The van der Waals surface area contributed by atoms with Gasteiger partial charge >= 0.3 is 0 Å². The van der Waals surface area contributed by atoms with Crippen molar-refractivity contribution in [1.82, 2.24) is 39.5 Å². The summed E-state index contributed by atoms with van der Waals surface area (Å²) in [5, 5.41) is 14.0. The van der Waals surface area contributed by atoms with Crippen LogP contribution in [-0.4, -0.2) is 66.8 Å². The molecule has 0 bridgehead atoms. The van der Waals surface area contributed by atoms with Crippen molar-refractivity contribution < 1.29 is 4.79 Å². The number of aromatic nitrogens is 6. The van der Waals surface area contributed by atoms with Crippen LogP contribution >= 0.6 is 0 Å². The molecule has 1 atom stereocenters. The lowest BCUT2D eigenvalue weighted by atomic mass is 10.2. The fraction of sp³-hybridized carbons (Fsp3) is 0.226. The van der Waals surface area contributed by atoms with Crippen molar-refractivity contribution in [2.24, 2.45) is 0 Å². The fourth-order valence-corrected chi connectivity index (χ4v) is 5.09. The fourth-order valence-electron chi connectivity index (χ4n) is 5.09. The number of nitrogens with zero attached hydrogens (tertiary/aromatic N) is 7. The van der Waals surface area contributed by atoms with Gasteiger partial charge in [-0.3, -0.25) is 14.6 Å². The average molecular weight is 592 g/mol. The molecule has 0 fully saturated rings. The molecule has 4 aromatic heterocycles. The summed E-state index contributed by atoms with van der Waals surface area (Å²) in [6.07, 6.45) is 5.60. The second-order valence-corrected chi connectivity index (χ2v) is 10.9. The van der Waals surface area contributed by atoms with E-state index in [0.29, 0.717) is 31.3 Å². The maximum Gasteiger partial charge on any atom is 0.263 e. The zero-order valence-corrected chi connectivity index (χ0v) is 24.4. The van der Waals surface area contributed by atoms with E-state index >= 15 is 0 Å². The molecule has 1 unspecified atom stereocenters. The Kier molecular flexibility index (Phi) is 8.02. The minimum atomic E-state index is -0.426. The molecule has 1 aliphatic heterocycles. The molecule has 44 heavy (non-hydrogen) atoms. The molecule has 5 N–H and O–H groups in total. The lowest BCUT2D eigenvalue weighted by Gasteiger charge is -2.13. The smallest absolute Gasteiger partial charge is 0.263 e. The van der Waals surface area contributed by atoms with Gasteiger partial charge in [-0.2, -0.15) is 9.67 Å². The Balaban J connectivity index is 1.07. The van der Waals surface area contributed by atoms with Gasteiger partial charge in [0.1, 0.15) is 5.56 Å². The van der Waals surface area contributed by atoms with Crippen LogP contribution in [-0.2, 0) is 19.5 Å². The number of anilines is 4. The molecule has 1 aromatic carbocycles. The van der Waals surface area contributed by atoms with E-state index in [1.165, 1.54) is 20.9 Å². The van der Waals surface area contributed by atoms with Crippen LogP contribution in [0.3, 0.4) is 0 Å². The van der Waals surface area contributed by atoms with Gasteiger partial charge in [-0.25, -0.2) is 4.98 Å². The van der Waals surface area contributed by atoms with Gasteiger partial charge in [0.15, 0.2) is 5.82 Å². The summed E-state index contributed by atoms with van der Waals surface area (Å²) in [5.74, 6) is 0.679. The van der Waals surface area contributed by atoms with Crippen LogP contribution < -0.4 is 27.2 Å². The third-order valence-corrected chi connectivity index (χ3v) is 7.17. The molecule has 1 amide bonds. The average Bonchev–Trinajstić information content (AvgIpc) is 3.60. The predicted molar refractivity (Wildman–Crippen MR) is 168 cm³/mol. The summed E-state index contributed by atoms with van der Waals surface area (Å²) in [6.45, 7) is 1.50. The quantitative estimate of drug-likeness (QED) is 0.190. The number of carbonyl (C=O) groups is 1. The summed E-state index contributed by atoms with van der Waals surface area (Å²) in [5.41, 5.74) is 10.5. The van der Waals surface area contributed by atoms with Crippen LogP contribution in [0.25, 0.3) is 5.82 Å². The van der Waals surface area contributed by atoms with Gasteiger partial charge in [0, 0.05) is 49.8 Å². The molecule has 0 saturated carbocycles. The van der Waals surface area contributed by atoms with Gasteiger partial charge in [0.25, 0.3) is 11.5 Å². The predicted octanol–water partition coefficient (Wildman–Crippen LogP) is 2.42. The summed E-state index contributed by atoms with van der Waals surface area (Å²) in [7, 11) is 4.06. The highest BCUT2D eigenvalue weighted by Crippen LogP contribution is 2.26. The highest BCUT2D eigenvalue weighted by molar-refractivity contribution is 5.93. The first-order chi connectivity index (χ1) is 21.3. The summed E-state index contributed by atoms with van der Waals surface area (Å²) in [4.78, 5) is 41.2. The molecule has 6 rings (SSSR count). The Morgan fingerprint density at radius 3 is 2.68 bits per heavy atom. The van der Waals surface area contributed by atoms with Crippen molar-refractivity contribution in [3.05, 3.63) is 112 Å². The summed E-state index contributed by atoms with van der Waals surface area (Å²) < 4.78 is 2.99. The molecule has 0 aliphatic carbocycles. The second-order valence-electron chi connectivity index (χ2n) is 10.9. The third kappa shape index (κ3) is 6.42. The first kappa shape index (κ1) is 28.6. The van der Waals surface area contributed by atoms with Crippen LogP contribution in [0, 0.1) is 0 Å². The molecular formula is C31H33N11O2. The molecule has 0 spiro atoms. The first-order valence-electron chi connectivity index (χ1n) is 14.2. The van der Waals surface area contributed by atoms with Gasteiger partial charge in [-0.1, -0.05) is 18.2 Å². The van der Waals surface area contributed by atoms with Crippen LogP contribution in [0.5, 0.6) is 0 Å². The minimum Gasteiger partial charge on any atom is -0.379 e. The first-order valence-corrected chi connectivity index (χ1v) is 14.2. The van der Waals surface area contributed by atoms with Crippen LogP contribution in [0.2, 0.25) is 0 Å². The van der Waals surface area contributed by atoms with E-state index in [0.717, 1.165) is 29.2 Å². The van der Waals surface area contributed by atoms with Crippen molar-refractivity contribution in [1.29, 1.82) is 0 Å². The molecule has 0 saturated heterocycles. The maximum atomic E-state index is 13.0. The number of rotatable bonds is 10. The molecule has 5 heterocycles. The van der Waals surface area contributed by atoms with Crippen LogP contribution in [0.4, 0.5) is 23.3 Å². The second kappa shape index (κ2) is 12.4. The van der Waals surface area contributed by atoms with Gasteiger partial charge in [-0.05, 0) is 67.7 Å². The van der Waals surface area contributed by atoms with E-state index in [-0.39, 0.29) is 23.1 Å². The SMILES string of the molecule is CN(C)Cc1ccc(Nc2nc(N)n(-c3ccc4c(n3)CC(CNC(=O)c3cccn(Cc5cccnc5)c3=O)N4)n2)cc1. The summed E-state index contributed by atoms with van der Waals surface area (Å²) >= 11 is 0. The van der Waals surface area contributed by atoms with Gasteiger partial charge in [0.05, 0.1) is 17.9 Å². The lowest BCUT2D eigenvalue weighted by molar-refractivity contribution is 0.0950. The van der Waals surface area contributed by atoms with Crippen LogP contribution in [0.15, 0.2) is 84.0 Å². The van der Waals surface area contributed by atoms with Crippen molar-refractivity contribution in [2.45, 2.75) is 25.6 Å². The van der Waals surface area contributed by atoms with Crippen molar-refractivity contribution in [3.63, 3.8) is 0 Å². The van der Waals surface area contributed by atoms with Crippen LogP contribution in [0.1, 0.15) is 27.2 Å². The Labute approximate surface area is 253 Å². The molecule has 0 radical (unpaired) electrons. The maximum absolute atomic E-state index is 13.0. The number of nitrogens with two attached hydrogens (primary N) is 1. The van der Waals surface area contributed by atoms with E-state index in [2.05, 4.69) is 48.0 Å². The topological polar surface area (TPSA) is 161 Å². The number of fused-ring (bicyclic) bond motifs is 1. The Morgan fingerprint density at radius 1 is 1.07 bits per heavy atom. The van der Waals surface area contributed by atoms with E-state index in [1.807, 2.05) is 50.5 Å². The van der Waals surface area contributed by atoms with Gasteiger partial charge in [0.2, 0.25) is 11.9 Å². The molecule has 5 aromatic rings. The lowest BCUT2D eigenvalue weighted by Crippen LogP contribution is -2.38. The van der Waals surface area contributed by atoms with Crippen molar-refractivity contribution in [3.8, 4) is 5.82 Å². The number of hydrogen-bond acceptors (Lipinski definition) is 10. The monoisotopic (exact) mass is 591 g/mol. The zero-order valence-electron chi connectivity index (χ0n) is 24.4. The standard InChI is InChI=1S/C31H33N11O2/c1-40(2)18-20-7-9-22(10-8-20)36-31-38-30(32)42(39-31)27-12-11-25-26(37-27)15-23(35-25)17-34-28(43)24-6-4-14-41(29(24)44)19-21-5-3-13-33-16-21/h3-14,16,23,35H,15,17-19H2,1-2H3,(H,34,43)(H3,32,36,38,39). The molecule has 224 valence electrons. The minimum absolute atomic E-state index is 0.0860. The largest absolute Gasteiger partial charge is 0.379 e. The highest BCUT2D eigenvalue weighted by atomic mass is 16.2. The van der Waals surface area contributed by atoms with E-state index in [9.17, 15) is 9.59 Å². The van der Waals surface area contributed by atoms with E-state index in [1.54, 1.807) is 24.7 Å². The van der Waals surface area contributed by atoms with Gasteiger partial charge < -0.3 is 31.2 Å². The number of nitrogen functional groups attached to an aromatic ring is 1. The number of hydrogen-bond donors (Lipinski definition) is 4. The number of amides is 1. The summed E-state index contributed by atoms with van der Waals surface area (Å²) in [6, 6.07) is 18.6. The Morgan fingerprint density at radius 2 is 1.91 bits per heavy atom. The Bertz CT molecular complexity index is 1830. The number of pyridine rings is 3. The Hall–Kier alpha value is -5.56. The van der Waals surface area contributed by atoms with Crippen molar-refractivity contribution >= 4 is 29.2 Å². The molecular weight excluding hydrogens is 558 g/mol. The van der Waals surface area contributed by atoms with Gasteiger partial charge in [-0.15, -0.1) is 5.10 Å². The van der Waals surface area contributed by atoms with E-state index < -0.39 is 5.91 Å². The third-order valence-electron chi connectivity index (χ3n) is 7.17.